The summed E-state index contributed by atoms with van der Waals surface area (Å²) in [6.45, 7) is 8.71. The molecule has 2 aromatic rings. The zero-order chi connectivity index (χ0) is 23.9. The molecule has 32 heavy (non-hydrogen) atoms. The van der Waals surface area contributed by atoms with Crippen molar-refractivity contribution in [3.63, 3.8) is 0 Å². The molecule has 0 aliphatic heterocycles. The second-order valence-corrected chi connectivity index (χ2v) is 8.63. The Bertz CT molecular complexity index is 1020. The zero-order valence-electron chi connectivity index (χ0n) is 18.8. The number of para-hydroxylation sites is 1. The van der Waals surface area contributed by atoms with Gasteiger partial charge in [0.2, 0.25) is 5.91 Å². The Labute approximate surface area is 185 Å². The van der Waals surface area contributed by atoms with Gasteiger partial charge in [0.15, 0.2) is 0 Å². The normalized spacial score (nSPS) is 13.1. The molecule has 11 nitrogen and oxygen atoms in total. The van der Waals surface area contributed by atoms with E-state index in [2.05, 4.69) is 31.0 Å². The highest BCUT2D eigenvalue weighted by Crippen LogP contribution is 2.19. The summed E-state index contributed by atoms with van der Waals surface area (Å²) >= 11 is 0. The highest BCUT2D eigenvalue weighted by atomic mass is 16.6. The van der Waals surface area contributed by atoms with Gasteiger partial charge in [-0.25, -0.2) is 4.79 Å². The molecular weight excluding hydrogens is 414 g/mol. The van der Waals surface area contributed by atoms with Crippen LogP contribution in [0.2, 0.25) is 0 Å². The van der Waals surface area contributed by atoms with Crippen molar-refractivity contribution in [1.82, 2.24) is 20.9 Å². The van der Waals surface area contributed by atoms with Gasteiger partial charge >= 0.3 is 12.1 Å². The number of alkyl carbamates (subject to hydrolysis) is 1. The van der Waals surface area contributed by atoms with E-state index in [1.165, 1.54) is 0 Å². The van der Waals surface area contributed by atoms with Gasteiger partial charge in [-0.15, -0.1) is 0 Å². The average molecular weight is 444 g/mol. The lowest BCUT2D eigenvalue weighted by Crippen LogP contribution is -2.56. The van der Waals surface area contributed by atoms with Gasteiger partial charge < -0.3 is 25.7 Å². The lowest BCUT2D eigenvalue weighted by atomic mass is 10.0. The summed E-state index contributed by atoms with van der Waals surface area (Å²) in [6, 6.07) is 5.75. The minimum Gasteiger partial charge on any atom is -0.444 e. The molecule has 2 atom stereocenters. The standard InChI is InChI=1S/C21H29N7O4/c1-12(2)17(26-20(31)32-21(3,4)5)18(29)24-16(25-19(30)27-28-22)10-13-11-23-15-9-7-6-8-14(13)15/h6-9,11-12,16-17,23H,10H2,1-5H3,(H,24,29)(H,25,30)(H,26,31)/t16-,17+/m1/s1. The van der Waals surface area contributed by atoms with Crippen LogP contribution in [0.3, 0.4) is 0 Å². The number of aromatic amines is 1. The van der Waals surface area contributed by atoms with Crippen LogP contribution in [0.1, 0.15) is 40.2 Å². The van der Waals surface area contributed by atoms with E-state index < -0.39 is 35.8 Å². The van der Waals surface area contributed by atoms with E-state index >= 15 is 0 Å². The molecule has 4 amide bonds. The fourth-order valence-electron chi connectivity index (χ4n) is 3.11. The smallest absolute Gasteiger partial charge is 0.408 e. The SMILES string of the molecule is CC(C)[C@H](NC(=O)OC(C)(C)C)C(=O)N[C@@H](Cc1c[nH]c2ccccc12)NC(=O)N=[N+]=[N-]. The summed E-state index contributed by atoms with van der Waals surface area (Å²) in [5.41, 5.74) is 9.55. The Balaban J connectivity index is 2.20. The first kappa shape index (κ1) is 24.5. The highest BCUT2D eigenvalue weighted by molar-refractivity contribution is 5.87. The summed E-state index contributed by atoms with van der Waals surface area (Å²) in [5.74, 6) is -0.777. The Kier molecular flexibility index (Phi) is 8.09. The van der Waals surface area contributed by atoms with Crippen LogP contribution in [0.25, 0.3) is 21.3 Å². The number of nitrogens with one attached hydrogen (secondary N) is 4. The minimum absolute atomic E-state index is 0.222. The van der Waals surface area contributed by atoms with Crippen molar-refractivity contribution in [3.05, 3.63) is 46.5 Å². The first-order valence-corrected chi connectivity index (χ1v) is 10.2. The molecule has 0 radical (unpaired) electrons. The number of benzene rings is 1. The molecule has 0 aliphatic carbocycles. The van der Waals surface area contributed by atoms with Gasteiger partial charge in [-0.3, -0.25) is 9.59 Å². The third-order valence-electron chi connectivity index (χ3n) is 4.47. The third kappa shape index (κ3) is 7.21. The number of urea groups is 1. The molecule has 11 heteroatoms. The van der Waals surface area contributed by atoms with Gasteiger partial charge in [-0.1, -0.05) is 32.0 Å². The number of aromatic nitrogens is 1. The first-order valence-electron chi connectivity index (χ1n) is 10.2. The number of nitrogens with zero attached hydrogens (tertiary/aromatic N) is 3. The number of hydrogen-bond donors (Lipinski definition) is 4. The number of azide groups is 1. The Morgan fingerprint density at radius 3 is 2.47 bits per heavy atom. The van der Waals surface area contributed by atoms with Crippen molar-refractivity contribution in [2.75, 3.05) is 0 Å². The molecular formula is C21H29N7O4. The number of H-pyrrole nitrogens is 1. The molecule has 0 aliphatic rings. The van der Waals surface area contributed by atoms with Gasteiger partial charge in [0.25, 0.3) is 0 Å². The summed E-state index contributed by atoms with van der Waals surface area (Å²) in [6.07, 6.45) is 0.390. The quantitative estimate of drug-likeness (QED) is 0.222. The summed E-state index contributed by atoms with van der Waals surface area (Å²) in [5, 5.41) is 11.7. The molecule has 1 aromatic carbocycles. The maximum atomic E-state index is 13.0. The second-order valence-electron chi connectivity index (χ2n) is 8.63. The van der Waals surface area contributed by atoms with Crippen molar-refractivity contribution < 1.29 is 19.1 Å². The van der Waals surface area contributed by atoms with Crippen molar-refractivity contribution in [3.8, 4) is 0 Å². The topological polar surface area (TPSA) is 161 Å². The van der Waals surface area contributed by atoms with Crippen molar-refractivity contribution in [1.29, 1.82) is 0 Å². The van der Waals surface area contributed by atoms with Gasteiger partial charge in [-0.2, -0.15) is 0 Å². The minimum atomic E-state index is -0.932. The number of rotatable bonds is 7. The largest absolute Gasteiger partial charge is 0.444 e. The third-order valence-corrected chi connectivity index (χ3v) is 4.47. The molecule has 0 bridgehead atoms. The monoisotopic (exact) mass is 443 g/mol. The lowest BCUT2D eigenvalue weighted by molar-refractivity contribution is -0.125. The highest BCUT2D eigenvalue weighted by Gasteiger charge is 2.29. The second kappa shape index (κ2) is 10.5. The molecule has 1 aromatic heterocycles. The Hall–Kier alpha value is -3.72. The van der Waals surface area contributed by atoms with Crippen LogP contribution in [-0.2, 0) is 16.0 Å². The van der Waals surface area contributed by atoms with Crippen LogP contribution < -0.4 is 16.0 Å². The van der Waals surface area contributed by atoms with Crippen molar-refractivity contribution in [2.24, 2.45) is 11.0 Å². The van der Waals surface area contributed by atoms with Crippen LogP contribution in [0.15, 0.2) is 35.6 Å². The van der Waals surface area contributed by atoms with E-state index in [0.717, 1.165) is 16.5 Å². The first-order chi connectivity index (χ1) is 15.0. The molecule has 1 heterocycles. The molecule has 0 spiro atoms. The summed E-state index contributed by atoms with van der Waals surface area (Å²) in [7, 11) is 0. The zero-order valence-corrected chi connectivity index (χ0v) is 18.8. The van der Waals surface area contributed by atoms with Crippen LogP contribution in [0, 0.1) is 5.92 Å². The molecule has 0 fully saturated rings. The maximum Gasteiger partial charge on any atom is 0.408 e. The van der Waals surface area contributed by atoms with E-state index in [9.17, 15) is 14.4 Å². The fraction of sp³-hybridized carbons (Fsp3) is 0.476. The summed E-state index contributed by atoms with van der Waals surface area (Å²) in [4.78, 5) is 42.7. The van der Waals surface area contributed by atoms with Gasteiger partial charge in [0.05, 0.1) is 0 Å². The molecule has 2 rings (SSSR count). The van der Waals surface area contributed by atoms with E-state index in [4.69, 9.17) is 10.3 Å². The van der Waals surface area contributed by atoms with E-state index in [-0.39, 0.29) is 12.3 Å². The number of carbonyl (C=O) groups excluding carboxylic acids is 3. The predicted molar refractivity (Wildman–Crippen MR) is 120 cm³/mol. The number of fused-ring (bicyclic) bond motifs is 1. The van der Waals surface area contributed by atoms with Crippen LogP contribution in [0.4, 0.5) is 9.59 Å². The van der Waals surface area contributed by atoms with Crippen LogP contribution >= 0.6 is 0 Å². The number of ether oxygens (including phenoxy) is 1. The molecule has 172 valence electrons. The fourth-order valence-corrected chi connectivity index (χ4v) is 3.11. The summed E-state index contributed by atoms with van der Waals surface area (Å²) < 4.78 is 5.24. The Morgan fingerprint density at radius 1 is 1.16 bits per heavy atom. The maximum absolute atomic E-state index is 13.0. The predicted octanol–water partition coefficient (Wildman–Crippen LogP) is 3.72. The van der Waals surface area contributed by atoms with Gasteiger partial charge in [-0.05, 0) is 43.9 Å². The molecule has 4 N–H and O–H groups in total. The van der Waals surface area contributed by atoms with E-state index in [0.29, 0.717) is 0 Å². The van der Waals surface area contributed by atoms with Crippen molar-refractivity contribution >= 4 is 28.9 Å². The number of hydrogen-bond acceptors (Lipinski definition) is 4. The van der Waals surface area contributed by atoms with Crippen molar-refractivity contribution in [2.45, 2.75) is 58.8 Å². The molecule has 0 saturated carbocycles. The number of carbonyl (C=O) groups is 3. The van der Waals surface area contributed by atoms with Crippen LogP contribution in [0.5, 0.6) is 0 Å². The van der Waals surface area contributed by atoms with Gasteiger partial charge in [0, 0.05) is 33.5 Å². The van der Waals surface area contributed by atoms with Gasteiger partial charge in [0.1, 0.15) is 17.8 Å². The molecule has 0 saturated heterocycles. The molecule has 0 unspecified atom stereocenters. The average Bonchev–Trinajstić information content (AvgIpc) is 3.07. The van der Waals surface area contributed by atoms with E-state index in [1.807, 2.05) is 24.3 Å². The number of amides is 4. The van der Waals surface area contributed by atoms with E-state index in [1.54, 1.807) is 40.8 Å². The Morgan fingerprint density at radius 2 is 1.84 bits per heavy atom. The van der Waals surface area contributed by atoms with Crippen LogP contribution in [-0.4, -0.2) is 40.8 Å². The lowest BCUT2D eigenvalue weighted by Gasteiger charge is -2.27.